The summed E-state index contributed by atoms with van der Waals surface area (Å²) >= 11 is 0. The molecule has 0 fully saturated rings. The van der Waals surface area contributed by atoms with Gasteiger partial charge in [-0.3, -0.25) is 9.59 Å². The molecule has 8 nitrogen and oxygen atoms in total. The fraction of sp³-hybridized carbons (Fsp3) is 0.0833. The van der Waals surface area contributed by atoms with Gasteiger partial charge in [0.15, 0.2) is 11.5 Å². The summed E-state index contributed by atoms with van der Waals surface area (Å²) < 4.78 is 1.31. The highest BCUT2D eigenvalue weighted by Crippen LogP contribution is 2.09. The van der Waals surface area contributed by atoms with Crippen LogP contribution in [0.3, 0.4) is 0 Å². The number of nitrogens with one attached hydrogen (secondary N) is 1. The molecule has 0 aliphatic heterocycles. The molecular formula is C12H10N4O4. The first-order chi connectivity index (χ1) is 9.49. The molecule has 0 aromatic carbocycles. The van der Waals surface area contributed by atoms with E-state index in [1.165, 1.54) is 29.2 Å². The Kier molecular flexibility index (Phi) is 3.56. The van der Waals surface area contributed by atoms with Gasteiger partial charge >= 0.3 is 5.97 Å². The van der Waals surface area contributed by atoms with Crippen molar-refractivity contribution in [1.29, 1.82) is 0 Å². The molecule has 2 aromatic heterocycles. The lowest BCUT2D eigenvalue weighted by atomic mass is 10.2. The van der Waals surface area contributed by atoms with Gasteiger partial charge in [0.05, 0.1) is 0 Å². The van der Waals surface area contributed by atoms with E-state index in [0.29, 0.717) is 0 Å². The van der Waals surface area contributed by atoms with E-state index in [0.717, 1.165) is 6.07 Å². The number of amides is 1. The van der Waals surface area contributed by atoms with Crippen molar-refractivity contribution in [2.45, 2.75) is 0 Å². The lowest BCUT2D eigenvalue weighted by molar-refractivity contribution is 0.0691. The van der Waals surface area contributed by atoms with Crippen LogP contribution in [-0.4, -0.2) is 31.5 Å². The summed E-state index contributed by atoms with van der Waals surface area (Å²) in [6.45, 7) is 0. The molecule has 2 heterocycles. The van der Waals surface area contributed by atoms with Gasteiger partial charge in [-0.25, -0.2) is 14.8 Å². The van der Waals surface area contributed by atoms with Crippen LogP contribution >= 0.6 is 0 Å². The number of anilines is 1. The van der Waals surface area contributed by atoms with Crippen LogP contribution in [0.25, 0.3) is 0 Å². The van der Waals surface area contributed by atoms with Gasteiger partial charge in [0, 0.05) is 37.3 Å². The van der Waals surface area contributed by atoms with Crippen LogP contribution in [0.4, 0.5) is 5.82 Å². The number of hydrogen-bond donors (Lipinski definition) is 2. The van der Waals surface area contributed by atoms with Crippen LogP contribution in [0.5, 0.6) is 0 Å². The van der Waals surface area contributed by atoms with Crippen LogP contribution in [-0.2, 0) is 7.05 Å². The molecule has 0 atom stereocenters. The molecule has 0 aliphatic rings. The van der Waals surface area contributed by atoms with E-state index in [-0.39, 0.29) is 22.6 Å². The fourth-order valence-corrected chi connectivity index (χ4v) is 1.46. The second kappa shape index (κ2) is 5.31. The molecule has 0 spiro atoms. The number of aromatic nitrogens is 3. The zero-order chi connectivity index (χ0) is 14.7. The zero-order valence-corrected chi connectivity index (χ0v) is 10.4. The monoisotopic (exact) mass is 274 g/mol. The quantitative estimate of drug-likeness (QED) is 0.822. The molecule has 0 bridgehead atoms. The van der Waals surface area contributed by atoms with E-state index >= 15 is 0 Å². The average Bonchev–Trinajstić information content (AvgIpc) is 2.42. The Balaban J connectivity index is 2.30. The van der Waals surface area contributed by atoms with Gasteiger partial charge in [-0.2, -0.15) is 0 Å². The van der Waals surface area contributed by atoms with Crippen molar-refractivity contribution in [3.63, 3.8) is 0 Å². The van der Waals surface area contributed by atoms with Crippen molar-refractivity contribution in [2.75, 3.05) is 5.32 Å². The third-order valence-corrected chi connectivity index (χ3v) is 2.50. The topological polar surface area (TPSA) is 114 Å². The molecule has 0 unspecified atom stereocenters. The number of aryl methyl sites for hydroxylation is 1. The summed E-state index contributed by atoms with van der Waals surface area (Å²) in [6, 6.07) is 2.58. The number of carboxylic acid groups (broad SMARTS) is 1. The maximum absolute atomic E-state index is 11.9. The van der Waals surface area contributed by atoms with Crippen LogP contribution in [0, 0.1) is 0 Å². The van der Waals surface area contributed by atoms with Crippen molar-refractivity contribution < 1.29 is 14.7 Å². The van der Waals surface area contributed by atoms with Crippen molar-refractivity contribution in [2.24, 2.45) is 7.05 Å². The maximum atomic E-state index is 11.9. The normalized spacial score (nSPS) is 10.1. The lowest BCUT2D eigenvalue weighted by Crippen LogP contribution is -2.21. The minimum atomic E-state index is -1.31. The first-order valence-corrected chi connectivity index (χ1v) is 5.51. The van der Waals surface area contributed by atoms with Gasteiger partial charge in [0.1, 0.15) is 0 Å². The standard InChI is InChI=1S/C12H10N4O4/c1-16-5-2-7(6-8(16)17)11(18)15-10-9(12(19)20)13-3-4-14-10/h2-6H,1H3,(H,19,20)(H,14,15,18). The van der Waals surface area contributed by atoms with Gasteiger partial charge in [0.25, 0.3) is 11.5 Å². The van der Waals surface area contributed by atoms with Crippen molar-refractivity contribution in [1.82, 2.24) is 14.5 Å². The molecule has 8 heteroatoms. The molecule has 0 radical (unpaired) electrons. The van der Waals surface area contributed by atoms with Crippen molar-refractivity contribution in [3.8, 4) is 0 Å². The predicted molar refractivity (Wildman–Crippen MR) is 68.6 cm³/mol. The average molecular weight is 274 g/mol. The molecule has 2 rings (SSSR count). The molecule has 1 amide bonds. The number of carboxylic acids is 1. The molecule has 0 aliphatic carbocycles. The van der Waals surface area contributed by atoms with Gasteiger partial charge in [-0.05, 0) is 6.07 Å². The van der Waals surface area contributed by atoms with Crippen LogP contribution in [0.2, 0.25) is 0 Å². The van der Waals surface area contributed by atoms with E-state index in [2.05, 4.69) is 15.3 Å². The fourth-order valence-electron chi connectivity index (χ4n) is 1.46. The molecule has 2 aromatic rings. The first-order valence-electron chi connectivity index (χ1n) is 5.51. The summed E-state index contributed by atoms with van der Waals surface area (Å²) in [6.07, 6.45) is 3.90. The maximum Gasteiger partial charge on any atom is 0.358 e. The SMILES string of the molecule is Cn1ccc(C(=O)Nc2nccnc2C(=O)O)cc1=O. The van der Waals surface area contributed by atoms with Crippen LogP contribution in [0.15, 0.2) is 35.5 Å². The Morgan fingerprint density at radius 1 is 1.30 bits per heavy atom. The third kappa shape index (κ3) is 2.69. The lowest BCUT2D eigenvalue weighted by Gasteiger charge is -2.06. The highest BCUT2D eigenvalue weighted by Gasteiger charge is 2.16. The summed E-state index contributed by atoms with van der Waals surface area (Å²) in [4.78, 5) is 41.7. The molecule has 2 N–H and O–H groups in total. The number of rotatable bonds is 3. The zero-order valence-electron chi connectivity index (χ0n) is 10.4. The van der Waals surface area contributed by atoms with Gasteiger partial charge in [-0.15, -0.1) is 0 Å². The number of hydrogen-bond acceptors (Lipinski definition) is 5. The van der Waals surface area contributed by atoms with Gasteiger partial charge in [-0.1, -0.05) is 0 Å². The summed E-state index contributed by atoms with van der Waals surface area (Å²) in [7, 11) is 1.55. The molecular weight excluding hydrogens is 264 g/mol. The predicted octanol–water partition coefficient (Wildman–Crippen LogP) is 0.126. The second-order valence-corrected chi connectivity index (χ2v) is 3.88. The van der Waals surface area contributed by atoms with Gasteiger partial charge in [0.2, 0.25) is 0 Å². The summed E-state index contributed by atoms with van der Waals surface area (Å²) in [5.74, 6) is -2.12. The molecule has 0 saturated carbocycles. The Bertz CT molecular complexity index is 738. The summed E-state index contributed by atoms with van der Waals surface area (Å²) in [5.41, 5.74) is -0.616. The Morgan fingerprint density at radius 3 is 2.65 bits per heavy atom. The highest BCUT2D eigenvalue weighted by atomic mass is 16.4. The highest BCUT2D eigenvalue weighted by molar-refractivity contribution is 6.06. The van der Waals surface area contributed by atoms with Gasteiger partial charge < -0.3 is 15.0 Å². The van der Waals surface area contributed by atoms with E-state index < -0.39 is 11.9 Å². The number of aromatic carboxylic acids is 1. The molecule has 0 saturated heterocycles. The number of nitrogens with zero attached hydrogens (tertiary/aromatic N) is 3. The second-order valence-electron chi connectivity index (χ2n) is 3.88. The number of pyridine rings is 1. The number of carbonyl (C=O) groups is 2. The smallest absolute Gasteiger partial charge is 0.358 e. The summed E-state index contributed by atoms with van der Waals surface area (Å²) in [5, 5.41) is 11.2. The van der Waals surface area contributed by atoms with E-state index in [1.807, 2.05) is 0 Å². The van der Waals surface area contributed by atoms with Crippen LogP contribution in [0.1, 0.15) is 20.8 Å². The molecule has 102 valence electrons. The Hall–Kier alpha value is -3.03. The van der Waals surface area contributed by atoms with E-state index in [4.69, 9.17) is 5.11 Å². The van der Waals surface area contributed by atoms with E-state index in [1.54, 1.807) is 7.05 Å². The molecule has 20 heavy (non-hydrogen) atoms. The number of carbonyl (C=O) groups excluding carboxylic acids is 1. The van der Waals surface area contributed by atoms with Crippen molar-refractivity contribution in [3.05, 3.63) is 52.3 Å². The van der Waals surface area contributed by atoms with Crippen LogP contribution < -0.4 is 10.9 Å². The third-order valence-electron chi connectivity index (χ3n) is 2.50. The largest absolute Gasteiger partial charge is 0.476 e. The van der Waals surface area contributed by atoms with Crippen molar-refractivity contribution >= 4 is 17.7 Å². The minimum Gasteiger partial charge on any atom is -0.476 e. The minimum absolute atomic E-state index is 0.107. The first kappa shape index (κ1) is 13.4. The van der Waals surface area contributed by atoms with E-state index in [9.17, 15) is 14.4 Å². The Labute approximate surface area is 112 Å². The Morgan fingerprint density at radius 2 is 2.00 bits per heavy atom.